The summed E-state index contributed by atoms with van der Waals surface area (Å²) in [5.41, 5.74) is 1.14. The minimum absolute atomic E-state index is 0.00368. The fraction of sp³-hybridized carbons (Fsp3) is 0.545. The van der Waals surface area contributed by atoms with Crippen molar-refractivity contribution in [3.63, 3.8) is 0 Å². The van der Waals surface area contributed by atoms with E-state index in [-0.39, 0.29) is 29.2 Å². The Balaban J connectivity index is 2.28. The van der Waals surface area contributed by atoms with E-state index in [0.717, 1.165) is 17.8 Å². The number of hydrogen-bond acceptors (Lipinski definition) is 7. The molecule has 2 saturated heterocycles. The predicted octanol–water partition coefficient (Wildman–Crippen LogP) is 3.27. The summed E-state index contributed by atoms with van der Waals surface area (Å²) in [6, 6.07) is 2.08. The van der Waals surface area contributed by atoms with Crippen LogP contribution in [-0.4, -0.2) is 51.5 Å². The highest BCUT2D eigenvalue weighted by Gasteiger charge is 2.33. The van der Waals surface area contributed by atoms with Gasteiger partial charge in [-0.05, 0) is 45.8 Å². The molecule has 2 atom stereocenters. The Bertz CT molecular complexity index is 1030. The van der Waals surface area contributed by atoms with Gasteiger partial charge in [0.05, 0.1) is 17.1 Å². The minimum Gasteiger partial charge on any atom is -0.372 e. The van der Waals surface area contributed by atoms with Gasteiger partial charge in [0.2, 0.25) is 0 Å². The van der Waals surface area contributed by atoms with Crippen LogP contribution in [0.2, 0.25) is 0 Å². The SMILES string of the molecule is CCCn1c(N2CC(C)OC(C)C2)c(C=C2SC(=S)N(CC)C2=O)c(C)c(C#N)c1=O. The Morgan fingerprint density at radius 3 is 2.42 bits per heavy atom. The molecule has 1 aromatic heterocycles. The lowest BCUT2D eigenvalue weighted by Gasteiger charge is -2.39. The van der Waals surface area contributed by atoms with Crippen LogP contribution in [-0.2, 0) is 16.1 Å². The molecule has 0 aromatic carbocycles. The monoisotopic (exact) mass is 460 g/mol. The zero-order chi connectivity index (χ0) is 22.9. The number of carbonyl (C=O) groups is 1. The number of morpholine rings is 1. The second-order valence-electron chi connectivity index (χ2n) is 7.89. The third kappa shape index (κ3) is 4.43. The van der Waals surface area contributed by atoms with Crippen LogP contribution in [0.5, 0.6) is 0 Å². The van der Waals surface area contributed by atoms with Gasteiger partial charge in [0.15, 0.2) is 0 Å². The summed E-state index contributed by atoms with van der Waals surface area (Å²) in [6.07, 6.45) is 2.54. The standard InChI is InChI=1S/C22H28N4O3S2/c1-6-8-26-19(24-11-13(3)29-14(4)12-24)16(15(5)17(10-23)20(26)27)9-18-21(28)25(7-2)22(30)31-18/h9,13-14H,6-8,11-12H2,1-5H3. The zero-order valence-corrected chi connectivity index (χ0v) is 20.2. The molecule has 2 aliphatic heterocycles. The van der Waals surface area contributed by atoms with Crippen molar-refractivity contribution in [2.45, 2.75) is 59.8 Å². The molecule has 2 fully saturated rings. The van der Waals surface area contributed by atoms with Crippen LogP contribution < -0.4 is 10.5 Å². The number of pyridine rings is 1. The van der Waals surface area contributed by atoms with E-state index in [0.29, 0.717) is 41.0 Å². The second-order valence-corrected chi connectivity index (χ2v) is 9.57. The first kappa shape index (κ1) is 23.5. The van der Waals surface area contributed by atoms with E-state index in [9.17, 15) is 14.9 Å². The number of amides is 1. The van der Waals surface area contributed by atoms with Crippen LogP contribution in [0.3, 0.4) is 0 Å². The maximum Gasteiger partial charge on any atom is 0.270 e. The van der Waals surface area contributed by atoms with Crippen molar-refractivity contribution in [2.75, 3.05) is 24.5 Å². The highest BCUT2D eigenvalue weighted by atomic mass is 32.2. The first-order valence-electron chi connectivity index (χ1n) is 10.6. The number of ether oxygens (including phenoxy) is 1. The molecule has 0 spiro atoms. The Morgan fingerprint density at radius 1 is 1.26 bits per heavy atom. The fourth-order valence-corrected chi connectivity index (χ4v) is 5.54. The number of hydrogen-bond donors (Lipinski definition) is 0. The molecule has 2 unspecified atom stereocenters. The molecule has 31 heavy (non-hydrogen) atoms. The van der Waals surface area contributed by atoms with Gasteiger partial charge in [0.1, 0.15) is 21.8 Å². The van der Waals surface area contributed by atoms with Crippen molar-refractivity contribution in [1.82, 2.24) is 9.47 Å². The van der Waals surface area contributed by atoms with Crippen molar-refractivity contribution in [3.05, 3.63) is 31.9 Å². The quantitative estimate of drug-likeness (QED) is 0.493. The molecule has 166 valence electrons. The summed E-state index contributed by atoms with van der Waals surface area (Å²) in [5, 5.41) is 9.72. The average molecular weight is 461 g/mol. The fourth-order valence-electron chi connectivity index (χ4n) is 4.17. The van der Waals surface area contributed by atoms with Crippen molar-refractivity contribution in [3.8, 4) is 6.07 Å². The van der Waals surface area contributed by atoms with Gasteiger partial charge in [-0.25, -0.2) is 0 Å². The summed E-state index contributed by atoms with van der Waals surface area (Å²) in [7, 11) is 0. The van der Waals surface area contributed by atoms with Crippen molar-refractivity contribution in [1.29, 1.82) is 5.26 Å². The van der Waals surface area contributed by atoms with Gasteiger partial charge < -0.3 is 9.64 Å². The molecule has 2 aliphatic rings. The van der Waals surface area contributed by atoms with Gasteiger partial charge in [-0.2, -0.15) is 5.26 Å². The maximum absolute atomic E-state index is 13.2. The van der Waals surface area contributed by atoms with Crippen LogP contribution in [0, 0.1) is 18.3 Å². The topological polar surface area (TPSA) is 78.6 Å². The number of rotatable bonds is 5. The van der Waals surface area contributed by atoms with Gasteiger partial charge in [0.25, 0.3) is 11.5 Å². The van der Waals surface area contributed by atoms with E-state index in [2.05, 4.69) is 11.0 Å². The van der Waals surface area contributed by atoms with Crippen molar-refractivity contribution in [2.24, 2.45) is 0 Å². The van der Waals surface area contributed by atoms with Crippen LogP contribution in [0.15, 0.2) is 9.70 Å². The van der Waals surface area contributed by atoms with Gasteiger partial charge >= 0.3 is 0 Å². The molecule has 3 rings (SSSR count). The van der Waals surface area contributed by atoms with E-state index >= 15 is 0 Å². The van der Waals surface area contributed by atoms with Crippen molar-refractivity contribution >= 4 is 46.1 Å². The Labute approximate surface area is 192 Å². The second kappa shape index (κ2) is 9.55. The van der Waals surface area contributed by atoms with Crippen LogP contribution >= 0.6 is 24.0 Å². The average Bonchev–Trinajstić information content (AvgIpc) is 2.97. The minimum atomic E-state index is -0.290. The number of nitrogens with zero attached hydrogens (tertiary/aromatic N) is 4. The van der Waals surface area contributed by atoms with Crippen LogP contribution in [0.4, 0.5) is 5.82 Å². The number of aromatic nitrogens is 1. The molecule has 0 bridgehead atoms. The summed E-state index contributed by atoms with van der Waals surface area (Å²) >= 11 is 6.62. The summed E-state index contributed by atoms with van der Waals surface area (Å²) in [6.45, 7) is 11.9. The van der Waals surface area contributed by atoms with E-state index in [1.807, 2.05) is 27.7 Å². The normalized spacial score (nSPS) is 23.0. The first-order chi connectivity index (χ1) is 14.7. The van der Waals surface area contributed by atoms with Gasteiger partial charge in [-0.3, -0.25) is 19.1 Å². The smallest absolute Gasteiger partial charge is 0.270 e. The molecule has 1 amide bonds. The number of nitriles is 1. The summed E-state index contributed by atoms with van der Waals surface area (Å²) in [5.74, 6) is 0.602. The molecule has 0 N–H and O–H groups in total. The number of carbonyl (C=O) groups excluding carboxylic acids is 1. The van der Waals surface area contributed by atoms with Gasteiger partial charge in [-0.1, -0.05) is 30.9 Å². The number of likely N-dealkylation sites (N-methyl/N-ethyl adjacent to an activating group) is 1. The molecule has 1 aromatic rings. The summed E-state index contributed by atoms with van der Waals surface area (Å²) < 4.78 is 8.10. The molecule has 0 saturated carbocycles. The lowest BCUT2D eigenvalue weighted by Crippen LogP contribution is -2.48. The van der Waals surface area contributed by atoms with Crippen LogP contribution in [0.1, 0.15) is 50.8 Å². The summed E-state index contributed by atoms with van der Waals surface area (Å²) in [4.78, 5) is 30.3. The van der Waals surface area contributed by atoms with E-state index in [4.69, 9.17) is 17.0 Å². The van der Waals surface area contributed by atoms with Gasteiger partial charge in [0, 0.05) is 31.7 Å². The molecule has 9 heteroatoms. The van der Waals surface area contributed by atoms with E-state index < -0.39 is 0 Å². The highest BCUT2D eigenvalue weighted by Crippen LogP contribution is 2.36. The lowest BCUT2D eigenvalue weighted by atomic mass is 10.0. The predicted molar refractivity (Wildman–Crippen MR) is 128 cm³/mol. The van der Waals surface area contributed by atoms with E-state index in [1.165, 1.54) is 11.8 Å². The Kier molecular flexibility index (Phi) is 7.24. The lowest BCUT2D eigenvalue weighted by molar-refractivity contribution is -0.121. The number of anilines is 1. The first-order valence-corrected chi connectivity index (χ1v) is 11.8. The number of thiocarbonyl (C=S) groups is 1. The molecule has 0 aliphatic carbocycles. The third-order valence-electron chi connectivity index (χ3n) is 5.48. The Hall–Kier alpha value is -2.15. The highest BCUT2D eigenvalue weighted by molar-refractivity contribution is 8.26. The van der Waals surface area contributed by atoms with Crippen LogP contribution in [0.25, 0.3) is 6.08 Å². The molecule has 3 heterocycles. The van der Waals surface area contributed by atoms with E-state index in [1.54, 1.807) is 22.5 Å². The molecule has 0 radical (unpaired) electrons. The van der Waals surface area contributed by atoms with Crippen molar-refractivity contribution < 1.29 is 9.53 Å². The van der Waals surface area contributed by atoms with Gasteiger partial charge in [-0.15, -0.1) is 0 Å². The molecular formula is C22H28N4O3S2. The molecule has 7 nitrogen and oxygen atoms in total. The third-order valence-corrected chi connectivity index (χ3v) is 6.86. The number of thioether (sulfide) groups is 1. The largest absolute Gasteiger partial charge is 0.372 e. The zero-order valence-electron chi connectivity index (χ0n) is 18.6. The molecular weight excluding hydrogens is 432 g/mol. The Morgan fingerprint density at radius 2 is 1.90 bits per heavy atom. The maximum atomic E-state index is 13.2.